The van der Waals surface area contributed by atoms with E-state index in [1.807, 2.05) is 20.8 Å². The zero-order chi connectivity index (χ0) is 16.0. The van der Waals surface area contributed by atoms with Gasteiger partial charge in [0.25, 0.3) is 5.91 Å². The number of hydrogen-bond acceptors (Lipinski definition) is 3. The van der Waals surface area contributed by atoms with Gasteiger partial charge in [-0.15, -0.1) is 0 Å². The average Bonchev–Trinajstić information content (AvgIpc) is 2.38. The summed E-state index contributed by atoms with van der Waals surface area (Å²) in [5.41, 5.74) is -0.839. The molecule has 1 amide bonds. The van der Waals surface area contributed by atoms with Gasteiger partial charge in [0.15, 0.2) is 0 Å². The van der Waals surface area contributed by atoms with E-state index >= 15 is 0 Å². The topological polar surface area (TPSA) is 75.6 Å². The molecule has 0 radical (unpaired) electrons. The first kappa shape index (κ1) is 17.0. The molecule has 0 aliphatic rings. The van der Waals surface area contributed by atoms with E-state index in [0.29, 0.717) is 24.2 Å². The number of rotatable bonds is 7. The number of carbonyl (C=O) groups is 2. The molecule has 0 saturated carbocycles. The lowest BCUT2D eigenvalue weighted by atomic mass is 9.96. The summed E-state index contributed by atoms with van der Waals surface area (Å²) in [6, 6.07) is 6.65. The van der Waals surface area contributed by atoms with Crippen LogP contribution in [0, 0.1) is 0 Å². The molecule has 0 saturated heterocycles. The normalized spacial score (nSPS) is 13.6. The second-order valence-electron chi connectivity index (χ2n) is 5.53. The lowest BCUT2D eigenvalue weighted by Gasteiger charge is -2.25. The Balaban J connectivity index is 2.81. The van der Waals surface area contributed by atoms with Crippen molar-refractivity contribution in [3.8, 4) is 5.75 Å². The maximum absolute atomic E-state index is 12.2. The molecule has 116 valence electrons. The molecule has 0 aliphatic heterocycles. The molecule has 1 rings (SSSR count). The van der Waals surface area contributed by atoms with Crippen molar-refractivity contribution in [1.29, 1.82) is 0 Å². The highest BCUT2D eigenvalue weighted by Gasteiger charge is 2.33. The Hall–Kier alpha value is -2.04. The van der Waals surface area contributed by atoms with Crippen LogP contribution >= 0.6 is 0 Å². The Morgan fingerprint density at radius 2 is 1.86 bits per heavy atom. The molecular weight excluding hydrogens is 270 g/mol. The Morgan fingerprint density at radius 3 is 2.29 bits per heavy atom. The highest BCUT2D eigenvalue weighted by atomic mass is 16.5. The average molecular weight is 293 g/mol. The van der Waals surface area contributed by atoms with Crippen LogP contribution in [0.2, 0.25) is 0 Å². The molecular formula is C16H23NO4. The van der Waals surface area contributed by atoms with Crippen LogP contribution in [-0.2, 0) is 4.79 Å². The van der Waals surface area contributed by atoms with E-state index in [9.17, 15) is 14.7 Å². The van der Waals surface area contributed by atoms with Crippen molar-refractivity contribution in [3.05, 3.63) is 29.8 Å². The summed E-state index contributed by atoms with van der Waals surface area (Å²) in [6.07, 6.45) is 1.11. The van der Waals surface area contributed by atoms with Crippen LogP contribution in [0.3, 0.4) is 0 Å². The molecule has 1 aromatic rings. The predicted molar refractivity (Wildman–Crippen MR) is 80.6 cm³/mol. The standard InChI is InChI=1S/C16H23NO4/c1-5-10-16(4,15(19)20)17-14(18)12-6-8-13(9-7-12)21-11(2)3/h6-9,11H,5,10H2,1-4H3,(H,17,18)(H,19,20). The SMILES string of the molecule is CCCC(C)(NC(=O)c1ccc(OC(C)C)cc1)C(=O)O. The third-order valence-corrected chi connectivity index (χ3v) is 3.10. The van der Waals surface area contributed by atoms with Crippen LogP contribution in [0.1, 0.15) is 50.9 Å². The van der Waals surface area contributed by atoms with Gasteiger partial charge >= 0.3 is 5.97 Å². The number of ether oxygens (including phenoxy) is 1. The molecule has 1 aromatic carbocycles. The van der Waals surface area contributed by atoms with Crippen molar-refractivity contribution in [2.75, 3.05) is 0 Å². The Labute approximate surface area is 125 Å². The number of amides is 1. The number of nitrogens with one attached hydrogen (secondary N) is 1. The third-order valence-electron chi connectivity index (χ3n) is 3.10. The molecule has 0 bridgehead atoms. The molecule has 0 aromatic heterocycles. The first-order valence-electron chi connectivity index (χ1n) is 7.11. The minimum absolute atomic E-state index is 0.0598. The molecule has 5 heteroatoms. The Bertz CT molecular complexity index is 496. The van der Waals surface area contributed by atoms with E-state index in [2.05, 4.69) is 5.32 Å². The number of carbonyl (C=O) groups excluding carboxylic acids is 1. The first-order valence-corrected chi connectivity index (χ1v) is 7.11. The zero-order valence-electron chi connectivity index (χ0n) is 13.0. The monoisotopic (exact) mass is 293 g/mol. The highest BCUT2D eigenvalue weighted by molar-refractivity contribution is 5.97. The number of hydrogen-bond donors (Lipinski definition) is 2. The van der Waals surface area contributed by atoms with Gasteiger partial charge in [-0.1, -0.05) is 13.3 Å². The molecule has 21 heavy (non-hydrogen) atoms. The van der Waals surface area contributed by atoms with E-state index < -0.39 is 17.4 Å². The summed E-state index contributed by atoms with van der Waals surface area (Å²) in [6.45, 7) is 7.24. The second kappa shape index (κ2) is 7.11. The summed E-state index contributed by atoms with van der Waals surface area (Å²) >= 11 is 0. The van der Waals surface area contributed by atoms with E-state index in [0.717, 1.165) is 0 Å². The van der Waals surface area contributed by atoms with Gasteiger partial charge in [0.1, 0.15) is 11.3 Å². The van der Waals surface area contributed by atoms with Crippen molar-refractivity contribution < 1.29 is 19.4 Å². The van der Waals surface area contributed by atoms with Crippen LogP contribution in [-0.4, -0.2) is 28.6 Å². The summed E-state index contributed by atoms with van der Waals surface area (Å²) in [5.74, 6) is -0.752. The predicted octanol–water partition coefficient (Wildman–Crippen LogP) is 2.85. The van der Waals surface area contributed by atoms with E-state index in [4.69, 9.17) is 4.74 Å². The molecule has 2 N–H and O–H groups in total. The Kier molecular flexibility index (Phi) is 5.76. The van der Waals surface area contributed by atoms with Gasteiger partial charge in [-0.05, 0) is 51.5 Å². The number of benzene rings is 1. The van der Waals surface area contributed by atoms with Crippen LogP contribution in [0.4, 0.5) is 0 Å². The Morgan fingerprint density at radius 1 is 1.29 bits per heavy atom. The summed E-state index contributed by atoms with van der Waals surface area (Å²) in [5, 5.41) is 11.9. The highest BCUT2D eigenvalue weighted by Crippen LogP contribution is 2.17. The number of aliphatic carboxylic acids is 1. The van der Waals surface area contributed by atoms with Crippen molar-refractivity contribution in [1.82, 2.24) is 5.32 Å². The molecule has 0 fully saturated rings. The molecule has 0 spiro atoms. The fourth-order valence-corrected chi connectivity index (χ4v) is 2.00. The molecule has 1 atom stereocenters. The fourth-order valence-electron chi connectivity index (χ4n) is 2.00. The number of carboxylic acid groups (broad SMARTS) is 1. The van der Waals surface area contributed by atoms with Gasteiger partial charge in [-0.25, -0.2) is 4.79 Å². The van der Waals surface area contributed by atoms with Crippen LogP contribution in [0.25, 0.3) is 0 Å². The van der Waals surface area contributed by atoms with Crippen molar-refractivity contribution >= 4 is 11.9 Å². The van der Waals surface area contributed by atoms with Gasteiger partial charge in [0, 0.05) is 5.56 Å². The quantitative estimate of drug-likeness (QED) is 0.810. The van der Waals surface area contributed by atoms with Gasteiger partial charge in [0.2, 0.25) is 0 Å². The second-order valence-corrected chi connectivity index (χ2v) is 5.53. The fraction of sp³-hybridized carbons (Fsp3) is 0.500. The molecule has 0 aliphatic carbocycles. The van der Waals surface area contributed by atoms with Crippen LogP contribution in [0.15, 0.2) is 24.3 Å². The van der Waals surface area contributed by atoms with E-state index in [1.165, 1.54) is 6.92 Å². The van der Waals surface area contributed by atoms with Crippen LogP contribution < -0.4 is 10.1 Å². The summed E-state index contributed by atoms with van der Waals surface area (Å²) in [4.78, 5) is 23.5. The maximum Gasteiger partial charge on any atom is 0.329 e. The molecule has 0 heterocycles. The van der Waals surface area contributed by atoms with E-state index in [-0.39, 0.29) is 6.10 Å². The maximum atomic E-state index is 12.2. The molecule has 1 unspecified atom stereocenters. The first-order chi connectivity index (χ1) is 9.78. The molecule has 5 nitrogen and oxygen atoms in total. The lowest BCUT2D eigenvalue weighted by molar-refractivity contribution is -0.144. The number of carboxylic acids is 1. The third kappa shape index (κ3) is 4.77. The smallest absolute Gasteiger partial charge is 0.329 e. The minimum Gasteiger partial charge on any atom is -0.491 e. The van der Waals surface area contributed by atoms with Gasteiger partial charge < -0.3 is 15.2 Å². The largest absolute Gasteiger partial charge is 0.491 e. The van der Waals surface area contributed by atoms with Gasteiger partial charge in [-0.2, -0.15) is 0 Å². The van der Waals surface area contributed by atoms with E-state index in [1.54, 1.807) is 24.3 Å². The van der Waals surface area contributed by atoms with Crippen molar-refractivity contribution in [2.45, 2.75) is 52.2 Å². The summed E-state index contributed by atoms with van der Waals surface area (Å²) in [7, 11) is 0. The van der Waals surface area contributed by atoms with Crippen molar-refractivity contribution in [2.24, 2.45) is 0 Å². The van der Waals surface area contributed by atoms with Crippen molar-refractivity contribution in [3.63, 3.8) is 0 Å². The van der Waals surface area contributed by atoms with Gasteiger partial charge in [0.05, 0.1) is 6.10 Å². The zero-order valence-corrected chi connectivity index (χ0v) is 13.0. The van der Waals surface area contributed by atoms with Gasteiger partial charge in [-0.3, -0.25) is 4.79 Å². The minimum atomic E-state index is -1.25. The summed E-state index contributed by atoms with van der Waals surface area (Å²) < 4.78 is 5.50. The lowest BCUT2D eigenvalue weighted by Crippen LogP contribution is -2.52. The van der Waals surface area contributed by atoms with Crippen LogP contribution in [0.5, 0.6) is 5.75 Å².